The van der Waals surface area contributed by atoms with Crippen LogP contribution in [0.25, 0.3) is 16.7 Å². The minimum absolute atomic E-state index is 0.00507. The first-order valence-electron chi connectivity index (χ1n) is 14.8. The first kappa shape index (κ1) is 31.7. The van der Waals surface area contributed by atoms with Crippen molar-refractivity contribution in [1.29, 1.82) is 0 Å². The van der Waals surface area contributed by atoms with Crippen LogP contribution in [-0.2, 0) is 11.2 Å². The van der Waals surface area contributed by atoms with Gasteiger partial charge < -0.3 is 14.5 Å². The molecule has 0 bridgehead atoms. The van der Waals surface area contributed by atoms with Crippen LogP contribution >= 0.6 is 11.6 Å². The summed E-state index contributed by atoms with van der Waals surface area (Å²) in [6, 6.07) is 2.72. The Morgan fingerprint density at radius 1 is 1.17 bits per heavy atom. The van der Waals surface area contributed by atoms with Gasteiger partial charge in [0.05, 0.1) is 16.8 Å². The molecule has 1 fully saturated rings. The molecular weight excluding hydrogens is 559 g/mol. The zero-order valence-electron chi connectivity index (χ0n) is 25.9. The second kappa shape index (κ2) is 12.5. The highest BCUT2D eigenvalue weighted by Gasteiger charge is 2.36. The number of anilines is 1. The van der Waals surface area contributed by atoms with Crippen molar-refractivity contribution in [1.82, 2.24) is 24.4 Å². The van der Waals surface area contributed by atoms with Crippen LogP contribution in [0.4, 0.5) is 15.0 Å². The lowest BCUT2D eigenvalue weighted by molar-refractivity contribution is 0.0130. The van der Waals surface area contributed by atoms with E-state index in [0.717, 1.165) is 36.9 Å². The van der Waals surface area contributed by atoms with Gasteiger partial charge in [0, 0.05) is 31.4 Å². The van der Waals surface area contributed by atoms with Gasteiger partial charge in [0.25, 0.3) is 0 Å². The van der Waals surface area contributed by atoms with Crippen molar-refractivity contribution in [3.05, 3.63) is 51.0 Å². The average Bonchev–Trinajstić information content (AvgIpc) is 2.89. The van der Waals surface area contributed by atoms with Crippen LogP contribution in [0.1, 0.15) is 91.8 Å². The van der Waals surface area contributed by atoms with Crippen LogP contribution in [0, 0.1) is 5.82 Å². The molecule has 2 atom stereocenters. The SMILES string of the molecule is CCCCCc1ccnc(C(C)C)c1-n1c(=O)nc(N2C[C@@H](C)N(C(=O)OC(C)(C)C)C[C@@H]2C)c2cc(F)c(Cl)nc21. The Morgan fingerprint density at radius 3 is 2.52 bits per heavy atom. The molecule has 228 valence electrons. The van der Waals surface area contributed by atoms with Crippen LogP contribution in [0.3, 0.4) is 0 Å². The number of hydrogen-bond donors (Lipinski definition) is 0. The van der Waals surface area contributed by atoms with E-state index in [9.17, 15) is 9.59 Å². The molecule has 42 heavy (non-hydrogen) atoms. The molecule has 1 aliphatic heterocycles. The minimum Gasteiger partial charge on any atom is -0.444 e. The van der Waals surface area contributed by atoms with Crippen LogP contribution in [0.2, 0.25) is 5.15 Å². The number of ether oxygens (including phenoxy) is 1. The van der Waals surface area contributed by atoms with Crippen molar-refractivity contribution in [2.75, 3.05) is 18.0 Å². The topological polar surface area (TPSA) is 93.5 Å². The van der Waals surface area contributed by atoms with E-state index in [0.29, 0.717) is 30.0 Å². The van der Waals surface area contributed by atoms with Gasteiger partial charge in [-0.15, -0.1) is 0 Å². The third kappa shape index (κ3) is 6.53. The van der Waals surface area contributed by atoms with Crippen molar-refractivity contribution in [2.24, 2.45) is 0 Å². The summed E-state index contributed by atoms with van der Waals surface area (Å²) in [4.78, 5) is 44.1. The largest absolute Gasteiger partial charge is 0.444 e. The Labute approximate surface area is 252 Å². The van der Waals surface area contributed by atoms with E-state index >= 15 is 4.39 Å². The molecule has 1 saturated heterocycles. The number of fused-ring (bicyclic) bond motifs is 1. The molecule has 0 spiro atoms. The predicted octanol–water partition coefficient (Wildman–Crippen LogP) is 6.66. The maximum Gasteiger partial charge on any atom is 0.410 e. The number of carbonyl (C=O) groups is 1. The van der Waals surface area contributed by atoms with Crippen molar-refractivity contribution in [2.45, 2.75) is 105 Å². The number of piperazine rings is 1. The molecule has 4 rings (SSSR count). The number of rotatable bonds is 7. The van der Waals surface area contributed by atoms with Crippen molar-refractivity contribution < 1.29 is 13.9 Å². The Morgan fingerprint density at radius 2 is 1.88 bits per heavy atom. The molecule has 0 unspecified atom stereocenters. The standard InChI is InChI=1S/C31H42ClFN6O3/c1-9-10-11-12-21-13-14-34-24(18(2)3)25(21)39-28-22(15-23(33)26(32)35-28)27(36-29(39)40)37-16-20(5)38(17-19(37)4)30(41)42-31(6,7)8/h13-15,18-20H,9-12,16-17H2,1-8H3/t19-,20+/m0/s1. The first-order valence-corrected chi connectivity index (χ1v) is 15.1. The van der Waals surface area contributed by atoms with Crippen LogP contribution in [-0.4, -0.2) is 61.3 Å². The zero-order valence-corrected chi connectivity index (χ0v) is 26.6. The van der Waals surface area contributed by atoms with Gasteiger partial charge in [-0.25, -0.2) is 23.5 Å². The molecule has 0 N–H and O–H groups in total. The predicted molar refractivity (Wildman–Crippen MR) is 164 cm³/mol. The third-order valence-corrected chi connectivity index (χ3v) is 7.77. The number of aryl methyl sites for hydroxylation is 1. The summed E-state index contributed by atoms with van der Waals surface area (Å²) < 4.78 is 22.1. The van der Waals surface area contributed by atoms with E-state index in [-0.39, 0.29) is 28.8 Å². The number of unbranched alkanes of at least 4 members (excludes halogenated alkanes) is 2. The molecule has 0 radical (unpaired) electrons. The Balaban J connectivity index is 1.88. The smallest absolute Gasteiger partial charge is 0.410 e. The van der Waals surface area contributed by atoms with E-state index in [1.807, 2.05) is 59.4 Å². The van der Waals surface area contributed by atoms with Gasteiger partial charge in [-0.3, -0.25) is 4.98 Å². The highest BCUT2D eigenvalue weighted by atomic mass is 35.5. The Kier molecular flexibility index (Phi) is 9.45. The fourth-order valence-corrected chi connectivity index (χ4v) is 5.60. The monoisotopic (exact) mass is 600 g/mol. The summed E-state index contributed by atoms with van der Waals surface area (Å²) in [5, 5.41) is 0.0332. The van der Waals surface area contributed by atoms with Crippen LogP contribution in [0.5, 0.6) is 0 Å². The highest BCUT2D eigenvalue weighted by molar-refractivity contribution is 6.30. The van der Waals surface area contributed by atoms with Gasteiger partial charge in [-0.1, -0.05) is 45.2 Å². The summed E-state index contributed by atoms with van der Waals surface area (Å²) in [5.74, 6) is -0.394. The summed E-state index contributed by atoms with van der Waals surface area (Å²) in [7, 11) is 0. The molecule has 0 aliphatic carbocycles. The first-order chi connectivity index (χ1) is 19.7. The van der Waals surface area contributed by atoms with Gasteiger partial charge in [-0.2, -0.15) is 4.98 Å². The summed E-state index contributed by atoms with van der Waals surface area (Å²) in [5.41, 5.74) is 1.36. The van der Waals surface area contributed by atoms with Crippen molar-refractivity contribution in [3.8, 4) is 5.69 Å². The van der Waals surface area contributed by atoms with Crippen LogP contribution in [0.15, 0.2) is 23.1 Å². The highest BCUT2D eigenvalue weighted by Crippen LogP contribution is 2.33. The Hall–Kier alpha value is -3.27. The number of pyridine rings is 2. The lowest BCUT2D eigenvalue weighted by atomic mass is 10.00. The van der Waals surface area contributed by atoms with E-state index < -0.39 is 23.2 Å². The van der Waals surface area contributed by atoms with Gasteiger partial charge in [0.1, 0.15) is 11.4 Å². The van der Waals surface area contributed by atoms with E-state index in [4.69, 9.17) is 16.3 Å². The van der Waals surface area contributed by atoms with E-state index in [1.54, 1.807) is 11.1 Å². The fraction of sp³-hybridized carbons (Fsp3) is 0.581. The van der Waals surface area contributed by atoms with Crippen molar-refractivity contribution >= 4 is 34.5 Å². The molecule has 4 heterocycles. The Bertz CT molecular complexity index is 1520. The van der Waals surface area contributed by atoms with Crippen molar-refractivity contribution in [3.63, 3.8) is 0 Å². The number of halogens is 2. The minimum atomic E-state index is -0.705. The zero-order chi connectivity index (χ0) is 30.9. The maximum atomic E-state index is 15.0. The molecule has 3 aromatic heterocycles. The maximum absolute atomic E-state index is 15.0. The van der Waals surface area contributed by atoms with Gasteiger partial charge >= 0.3 is 11.8 Å². The van der Waals surface area contributed by atoms with Gasteiger partial charge in [-0.05, 0) is 71.1 Å². The summed E-state index contributed by atoms with van der Waals surface area (Å²) in [6.45, 7) is 16.2. The molecular formula is C31H42ClFN6O3. The average molecular weight is 601 g/mol. The van der Waals surface area contributed by atoms with Crippen LogP contribution < -0.4 is 10.6 Å². The van der Waals surface area contributed by atoms with E-state index in [1.165, 1.54) is 10.6 Å². The second-order valence-corrected chi connectivity index (χ2v) is 12.8. The number of aromatic nitrogens is 4. The third-order valence-electron chi connectivity index (χ3n) is 7.50. The summed E-state index contributed by atoms with van der Waals surface area (Å²) in [6.07, 6.45) is 5.17. The normalized spacial score (nSPS) is 17.8. The lowest BCUT2D eigenvalue weighted by Crippen LogP contribution is -2.59. The fourth-order valence-electron chi connectivity index (χ4n) is 5.46. The molecule has 1 aliphatic rings. The summed E-state index contributed by atoms with van der Waals surface area (Å²) >= 11 is 6.23. The number of carbonyl (C=O) groups excluding carboxylic acids is 1. The number of amides is 1. The van der Waals surface area contributed by atoms with Gasteiger partial charge in [0.15, 0.2) is 16.6 Å². The molecule has 1 amide bonds. The molecule has 0 aromatic carbocycles. The number of hydrogen-bond acceptors (Lipinski definition) is 7. The molecule has 0 saturated carbocycles. The quantitative estimate of drug-likeness (QED) is 0.221. The molecule has 9 nitrogen and oxygen atoms in total. The second-order valence-electron chi connectivity index (χ2n) is 12.5. The molecule has 11 heteroatoms. The molecule has 3 aromatic rings. The number of nitrogens with zero attached hydrogens (tertiary/aromatic N) is 6. The van der Waals surface area contributed by atoms with E-state index in [2.05, 4.69) is 21.9 Å². The lowest BCUT2D eigenvalue weighted by Gasteiger charge is -2.44. The van der Waals surface area contributed by atoms with Gasteiger partial charge in [0.2, 0.25) is 0 Å².